The predicted octanol–water partition coefficient (Wildman–Crippen LogP) is 3.80. The van der Waals surface area contributed by atoms with E-state index in [-0.39, 0.29) is 0 Å². The Balaban J connectivity index is 2.09. The van der Waals surface area contributed by atoms with Crippen LogP contribution in [-0.4, -0.2) is 11.8 Å². The van der Waals surface area contributed by atoms with E-state index in [2.05, 4.69) is 6.92 Å². The van der Waals surface area contributed by atoms with E-state index in [0.29, 0.717) is 0 Å². The Morgan fingerprint density at radius 1 is 1.09 bits per heavy atom. The third-order valence-electron chi connectivity index (χ3n) is 2.54. The van der Waals surface area contributed by atoms with Crippen LogP contribution in [0, 0.1) is 0 Å². The van der Waals surface area contributed by atoms with E-state index in [1.807, 2.05) is 0 Å². The van der Waals surface area contributed by atoms with Gasteiger partial charge in [0.25, 0.3) is 0 Å². The molecule has 1 heteroatoms. The van der Waals surface area contributed by atoms with Crippen LogP contribution in [0.25, 0.3) is 0 Å². The SMILES string of the molecule is CCCPC1CCCCCC1. The standard InChI is InChI=1S/C10H21P/c1-2-9-11-10-7-5-3-4-6-8-10/h10-11H,2-9H2,1H3. The Bertz CT molecular complexity index is 82.9. The van der Waals surface area contributed by atoms with Crippen LogP contribution in [0.3, 0.4) is 0 Å². The Morgan fingerprint density at radius 2 is 1.73 bits per heavy atom. The lowest BCUT2D eigenvalue weighted by Crippen LogP contribution is -1.98. The molecule has 1 rings (SSSR count). The summed E-state index contributed by atoms with van der Waals surface area (Å²) in [5, 5.41) is 0. The summed E-state index contributed by atoms with van der Waals surface area (Å²) in [4.78, 5) is 0. The summed E-state index contributed by atoms with van der Waals surface area (Å²) in [7, 11) is 1.28. The van der Waals surface area contributed by atoms with Crippen molar-refractivity contribution in [1.29, 1.82) is 0 Å². The van der Waals surface area contributed by atoms with Crippen molar-refractivity contribution in [1.82, 2.24) is 0 Å². The summed E-state index contributed by atoms with van der Waals surface area (Å²) in [6.45, 7) is 2.31. The molecule has 1 aliphatic rings. The second-order valence-corrected chi connectivity index (χ2v) is 5.37. The Hall–Kier alpha value is 0.430. The van der Waals surface area contributed by atoms with Gasteiger partial charge in [0.1, 0.15) is 0 Å². The van der Waals surface area contributed by atoms with Gasteiger partial charge in [-0.05, 0) is 24.7 Å². The van der Waals surface area contributed by atoms with Crippen LogP contribution in [0.4, 0.5) is 0 Å². The second kappa shape index (κ2) is 6.00. The van der Waals surface area contributed by atoms with Gasteiger partial charge < -0.3 is 0 Å². The molecule has 1 saturated carbocycles. The quantitative estimate of drug-likeness (QED) is 0.448. The number of rotatable bonds is 3. The van der Waals surface area contributed by atoms with Gasteiger partial charge in [0.2, 0.25) is 0 Å². The first-order valence-electron chi connectivity index (χ1n) is 5.17. The minimum absolute atomic E-state index is 1.12. The van der Waals surface area contributed by atoms with E-state index in [4.69, 9.17) is 0 Å². The van der Waals surface area contributed by atoms with Crippen LogP contribution in [0.15, 0.2) is 0 Å². The molecule has 0 radical (unpaired) electrons. The fourth-order valence-electron chi connectivity index (χ4n) is 1.83. The number of hydrogen-bond acceptors (Lipinski definition) is 0. The minimum Gasteiger partial charge on any atom is -0.119 e. The first-order chi connectivity index (χ1) is 5.43. The normalized spacial score (nSPS) is 22.6. The summed E-state index contributed by atoms with van der Waals surface area (Å²) in [5.74, 6) is 0. The molecule has 0 bridgehead atoms. The predicted molar refractivity (Wildman–Crippen MR) is 55.0 cm³/mol. The van der Waals surface area contributed by atoms with Gasteiger partial charge in [-0.3, -0.25) is 0 Å². The molecule has 0 amide bonds. The molecule has 0 aliphatic heterocycles. The van der Waals surface area contributed by atoms with Crippen molar-refractivity contribution in [3.05, 3.63) is 0 Å². The van der Waals surface area contributed by atoms with Crippen molar-refractivity contribution < 1.29 is 0 Å². The molecule has 1 atom stereocenters. The smallest absolute Gasteiger partial charge is 0.0237 e. The maximum Gasteiger partial charge on any atom is -0.0237 e. The van der Waals surface area contributed by atoms with Gasteiger partial charge in [0.05, 0.1) is 0 Å². The molecule has 0 saturated heterocycles. The zero-order chi connectivity index (χ0) is 7.94. The molecule has 0 nitrogen and oxygen atoms in total. The summed E-state index contributed by atoms with van der Waals surface area (Å²) >= 11 is 0. The monoisotopic (exact) mass is 172 g/mol. The zero-order valence-corrected chi connectivity index (χ0v) is 8.73. The molecule has 1 fully saturated rings. The van der Waals surface area contributed by atoms with E-state index < -0.39 is 0 Å². The molecule has 0 heterocycles. The van der Waals surface area contributed by atoms with Crippen LogP contribution >= 0.6 is 8.58 Å². The second-order valence-electron chi connectivity index (χ2n) is 3.64. The van der Waals surface area contributed by atoms with E-state index in [9.17, 15) is 0 Å². The summed E-state index contributed by atoms with van der Waals surface area (Å²) in [6.07, 6.45) is 12.0. The third-order valence-corrected chi connectivity index (χ3v) is 4.48. The average molecular weight is 172 g/mol. The molecule has 1 aliphatic carbocycles. The lowest BCUT2D eigenvalue weighted by Gasteiger charge is -2.12. The Labute approximate surface area is 72.9 Å². The van der Waals surface area contributed by atoms with Crippen LogP contribution in [-0.2, 0) is 0 Å². The van der Waals surface area contributed by atoms with Gasteiger partial charge in [0, 0.05) is 0 Å². The molecule has 0 aromatic heterocycles. The van der Waals surface area contributed by atoms with Crippen LogP contribution in [0.1, 0.15) is 51.9 Å². The van der Waals surface area contributed by atoms with E-state index >= 15 is 0 Å². The topological polar surface area (TPSA) is 0 Å². The highest BCUT2D eigenvalue weighted by Crippen LogP contribution is 2.31. The Morgan fingerprint density at radius 3 is 2.27 bits per heavy atom. The minimum atomic E-state index is 1.12. The highest BCUT2D eigenvalue weighted by atomic mass is 31.1. The average Bonchev–Trinajstić information content (AvgIpc) is 2.28. The molecule has 11 heavy (non-hydrogen) atoms. The van der Waals surface area contributed by atoms with Gasteiger partial charge in [-0.2, -0.15) is 0 Å². The zero-order valence-electron chi connectivity index (χ0n) is 7.73. The van der Waals surface area contributed by atoms with Crippen LogP contribution in [0.2, 0.25) is 0 Å². The van der Waals surface area contributed by atoms with Crippen LogP contribution < -0.4 is 0 Å². The lowest BCUT2D eigenvalue weighted by atomic mass is 10.2. The molecule has 66 valence electrons. The van der Waals surface area contributed by atoms with E-state index in [1.165, 1.54) is 46.8 Å². The van der Waals surface area contributed by atoms with Gasteiger partial charge in [0.15, 0.2) is 0 Å². The maximum atomic E-state index is 2.31. The fourth-order valence-corrected chi connectivity index (χ4v) is 3.35. The molecule has 0 N–H and O–H groups in total. The van der Waals surface area contributed by atoms with Gasteiger partial charge in [-0.15, -0.1) is 8.58 Å². The summed E-state index contributed by atoms with van der Waals surface area (Å²) in [5.41, 5.74) is 1.12. The van der Waals surface area contributed by atoms with E-state index in [1.54, 1.807) is 12.8 Å². The van der Waals surface area contributed by atoms with Crippen molar-refractivity contribution in [2.75, 3.05) is 6.16 Å². The maximum absolute atomic E-state index is 2.31. The van der Waals surface area contributed by atoms with E-state index in [0.717, 1.165) is 5.66 Å². The Kier molecular flexibility index (Phi) is 5.19. The first kappa shape index (κ1) is 9.52. The first-order valence-corrected chi connectivity index (χ1v) is 6.45. The highest BCUT2D eigenvalue weighted by molar-refractivity contribution is 7.38. The molecule has 0 spiro atoms. The van der Waals surface area contributed by atoms with Crippen molar-refractivity contribution in [3.63, 3.8) is 0 Å². The largest absolute Gasteiger partial charge is 0.119 e. The van der Waals surface area contributed by atoms with Crippen molar-refractivity contribution in [3.8, 4) is 0 Å². The molecule has 0 aromatic rings. The van der Waals surface area contributed by atoms with Gasteiger partial charge in [-0.25, -0.2) is 0 Å². The van der Waals surface area contributed by atoms with Gasteiger partial charge >= 0.3 is 0 Å². The van der Waals surface area contributed by atoms with Crippen molar-refractivity contribution in [2.45, 2.75) is 57.5 Å². The lowest BCUT2D eigenvalue weighted by molar-refractivity contribution is 0.702. The highest BCUT2D eigenvalue weighted by Gasteiger charge is 2.10. The number of hydrogen-bond donors (Lipinski definition) is 0. The molecule has 1 unspecified atom stereocenters. The summed E-state index contributed by atoms with van der Waals surface area (Å²) in [6, 6.07) is 0. The fraction of sp³-hybridized carbons (Fsp3) is 1.00. The van der Waals surface area contributed by atoms with Crippen LogP contribution in [0.5, 0.6) is 0 Å². The third kappa shape index (κ3) is 4.11. The molecular formula is C10H21P. The van der Waals surface area contributed by atoms with Crippen molar-refractivity contribution >= 4 is 8.58 Å². The molecule has 0 aromatic carbocycles. The van der Waals surface area contributed by atoms with Crippen molar-refractivity contribution in [2.24, 2.45) is 0 Å². The van der Waals surface area contributed by atoms with Gasteiger partial charge in [-0.1, -0.05) is 39.0 Å². The summed E-state index contributed by atoms with van der Waals surface area (Å²) < 4.78 is 0. The molecular weight excluding hydrogens is 151 g/mol.